The second kappa shape index (κ2) is 5.78. The molecule has 0 aromatic heterocycles. The highest BCUT2D eigenvalue weighted by atomic mass is 16.5. The van der Waals surface area contributed by atoms with E-state index in [-0.39, 0.29) is 6.42 Å². The number of nitrogens with zero attached hydrogens (tertiary/aromatic N) is 3. The molecule has 1 heterocycles. The molecule has 0 amide bonds. The summed E-state index contributed by atoms with van der Waals surface area (Å²) >= 11 is 0. The van der Waals surface area contributed by atoms with E-state index in [0.717, 1.165) is 0 Å². The first kappa shape index (κ1) is 12.9. The molecule has 2 unspecified atom stereocenters. The molecule has 8 heteroatoms. The van der Waals surface area contributed by atoms with E-state index in [1.807, 2.05) is 0 Å². The smallest absolute Gasteiger partial charge is 0.122 e. The molecule has 3 N–H and O–H groups in total. The molecular weight excluding hydrogens is 218 g/mol. The summed E-state index contributed by atoms with van der Waals surface area (Å²) in [6.45, 7) is -0.490. The van der Waals surface area contributed by atoms with Gasteiger partial charge < -0.3 is 24.9 Å². The second-order valence-electron chi connectivity index (χ2n) is 3.47. The maximum atomic E-state index is 10.4. The van der Waals surface area contributed by atoms with Crippen molar-refractivity contribution in [2.45, 2.75) is 36.9 Å². The highest BCUT2D eigenvalue weighted by molar-refractivity contribution is 5.50. The highest BCUT2D eigenvalue weighted by Crippen LogP contribution is 2.25. The molecule has 1 fully saturated rings. The van der Waals surface area contributed by atoms with E-state index in [0.29, 0.717) is 6.29 Å². The number of rotatable bonds is 4. The first-order valence-corrected chi connectivity index (χ1v) is 4.76. The maximum Gasteiger partial charge on any atom is 0.122 e. The lowest BCUT2D eigenvalue weighted by Gasteiger charge is -2.39. The van der Waals surface area contributed by atoms with Crippen molar-refractivity contribution in [2.24, 2.45) is 5.11 Å². The Morgan fingerprint density at radius 3 is 2.56 bits per heavy atom. The van der Waals surface area contributed by atoms with Gasteiger partial charge in [-0.15, -0.1) is 0 Å². The third kappa shape index (κ3) is 2.49. The zero-order valence-corrected chi connectivity index (χ0v) is 8.38. The average molecular weight is 231 g/mol. The van der Waals surface area contributed by atoms with Crippen LogP contribution >= 0.6 is 0 Å². The summed E-state index contributed by atoms with van der Waals surface area (Å²) in [7, 11) is 0. The molecule has 0 spiro atoms. The molecule has 0 aromatic carbocycles. The molecule has 0 aromatic rings. The molecule has 8 nitrogen and oxygen atoms in total. The molecule has 90 valence electrons. The van der Waals surface area contributed by atoms with E-state index < -0.39 is 37.1 Å². The summed E-state index contributed by atoms with van der Waals surface area (Å²) in [5, 5.41) is 31.3. The van der Waals surface area contributed by atoms with Gasteiger partial charge in [0.15, 0.2) is 0 Å². The molecule has 0 aliphatic carbocycles. The van der Waals surface area contributed by atoms with Crippen LogP contribution in [0.1, 0.15) is 6.42 Å². The zero-order chi connectivity index (χ0) is 12.1. The number of aliphatic hydroxyl groups is 3. The molecule has 1 rings (SSSR count). The van der Waals surface area contributed by atoms with E-state index in [2.05, 4.69) is 10.0 Å². The Bertz CT molecular complexity index is 293. The molecule has 1 aliphatic heterocycles. The van der Waals surface area contributed by atoms with Crippen molar-refractivity contribution in [1.29, 1.82) is 0 Å². The van der Waals surface area contributed by atoms with Gasteiger partial charge in [0.1, 0.15) is 18.5 Å². The number of hydrogen-bond acceptors (Lipinski definition) is 6. The van der Waals surface area contributed by atoms with Crippen molar-refractivity contribution in [2.75, 3.05) is 6.61 Å². The monoisotopic (exact) mass is 231 g/mol. The van der Waals surface area contributed by atoms with Crippen molar-refractivity contribution in [3.63, 3.8) is 0 Å². The van der Waals surface area contributed by atoms with Gasteiger partial charge in [-0.1, -0.05) is 5.11 Å². The minimum Gasteiger partial charge on any atom is -0.394 e. The number of carbonyl (C=O) groups is 1. The zero-order valence-electron chi connectivity index (χ0n) is 8.38. The van der Waals surface area contributed by atoms with E-state index in [9.17, 15) is 15.0 Å². The third-order valence-electron chi connectivity index (χ3n) is 2.50. The van der Waals surface area contributed by atoms with E-state index in [1.165, 1.54) is 0 Å². The Morgan fingerprint density at radius 1 is 1.38 bits per heavy atom. The van der Waals surface area contributed by atoms with Crippen LogP contribution in [0.15, 0.2) is 5.11 Å². The van der Waals surface area contributed by atoms with Gasteiger partial charge in [0.25, 0.3) is 0 Å². The van der Waals surface area contributed by atoms with Crippen LogP contribution in [0.2, 0.25) is 0 Å². The Hall–Kier alpha value is -1.18. The largest absolute Gasteiger partial charge is 0.394 e. The fourth-order valence-electron chi connectivity index (χ4n) is 1.67. The lowest BCUT2D eigenvalue weighted by molar-refractivity contribution is -0.189. The quantitative estimate of drug-likeness (QED) is 0.240. The van der Waals surface area contributed by atoms with Crippen molar-refractivity contribution < 1.29 is 24.9 Å². The first-order valence-electron chi connectivity index (χ1n) is 4.76. The van der Waals surface area contributed by atoms with E-state index >= 15 is 0 Å². The number of aldehydes is 1. The normalized spacial score (nSPS) is 38.8. The lowest BCUT2D eigenvalue weighted by Crippen LogP contribution is -2.57. The maximum absolute atomic E-state index is 10.4. The van der Waals surface area contributed by atoms with Gasteiger partial charge in [0.05, 0.1) is 24.9 Å². The highest BCUT2D eigenvalue weighted by Gasteiger charge is 2.43. The third-order valence-corrected chi connectivity index (χ3v) is 2.50. The first-order chi connectivity index (χ1) is 7.65. The van der Waals surface area contributed by atoms with Crippen molar-refractivity contribution in [3.05, 3.63) is 10.4 Å². The van der Waals surface area contributed by atoms with Gasteiger partial charge in [-0.25, -0.2) is 0 Å². The standard InChI is InChI=1S/C8H13N3O5/c9-11-10-6-4(1-2-12)16-5(3-13)7(14)8(6)15/h2,4-8,13-15H,1,3H2/t4?,5-,6?,7+,8-/m1/s1. The minimum absolute atomic E-state index is 0.0794. The molecule has 1 saturated heterocycles. The SMILES string of the molecule is [N-]=[N+]=NC1C(CC=O)O[C@H](CO)[C@H](O)[C@@H]1O. The van der Waals surface area contributed by atoms with Gasteiger partial charge in [0, 0.05) is 11.3 Å². The van der Waals surface area contributed by atoms with Crippen LogP contribution in [0, 0.1) is 0 Å². The van der Waals surface area contributed by atoms with Gasteiger partial charge in [0.2, 0.25) is 0 Å². The molecular formula is C8H13N3O5. The van der Waals surface area contributed by atoms with Crippen LogP contribution in [0.3, 0.4) is 0 Å². The van der Waals surface area contributed by atoms with Crippen LogP contribution in [0.25, 0.3) is 10.4 Å². The van der Waals surface area contributed by atoms with E-state index in [4.69, 9.17) is 15.4 Å². The summed E-state index contributed by atoms with van der Waals surface area (Å²) in [5.74, 6) is 0. The summed E-state index contributed by atoms with van der Waals surface area (Å²) in [6.07, 6.45) is -4.03. The molecule has 1 aliphatic rings. The molecule has 0 bridgehead atoms. The van der Waals surface area contributed by atoms with Crippen LogP contribution in [0.5, 0.6) is 0 Å². The second-order valence-corrected chi connectivity index (χ2v) is 3.47. The predicted octanol–water partition coefficient (Wildman–Crippen LogP) is -1.26. The number of aliphatic hydroxyl groups excluding tert-OH is 3. The van der Waals surface area contributed by atoms with Gasteiger partial charge in [-0.05, 0) is 5.53 Å². The van der Waals surface area contributed by atoms with E-state index in [1.54, 1.807) is 0 Å². The predicted molar refractivity (Wildman–Crippen MR) is 51.4 cm³/mol. The fourth-order valence-corrected chi connectivity index (χ4v) is 1.67. The van der Waals surface area contributed by atoms with Crippen LogP contribution in [-0.4, -0.2) is 58.7 Å². The Morgan fingerprint density at radius 2 is 2.06 bits per heavy atom. The lowest BCUT2D eigenvalue weighted by atomic mass is 9.92. The topological polar surface area (TPSA) is 136 Å². The molecule has 0 radical (unpaired) electrons. The van der Waals surface area contributed by atoms with Gasteiger partial charge >= 0.3 is 0 Å². The van der Waals surface area contributed by atoms with Crippen LogP contribution in [-0.2, 0) is 9.53 Å². The summed E-state index contributed by atoms with van der Waals surface area (Å²) in [4.78, 5) is 12.9. The Balaban J connectivity index is 2.87. The van der Waals surface area contributed by atoms with Crippen molar-refractivity contribution in [1.82, 2.24) is 0 Å². The van der Waals surface area contributed by atoms with Crippen LogP contribution in [0.4, 0.5) is 0 Å². The summed E-state index contributed by atoms with van der Waals surface area (Å²) in [6, 6.07) is -1.03. The summed E-state index contributed by atoms with van der Waals surface area (Å²) < 4.78 is 5.17. The molecule has 16 heavy (non-hydrogen) atoms. The van der Waals surface area contributed by atoms with Crippen molar-refractivity contribution in [3.8, 4) is 0 Å². The Labute approximate surface area is 91.1 Å². The number of carbonyl (C=O) groups excluding carboxylic acids is 1. The number of azide groups is 1. The van der Waals surface area contributed by atoms with Gasteiger partial charge in [-0.2, -0.15) is 0 Å². The van der Waals surface area contributed by atoms with Crippen molar-refractivity contribution >= 4 is 6.29 Å². The number of hydrogen-bond donors (Lipinski definition) is 3. The minimum atomic E-state index is -1.35. The van der Waals surface area contributed by atoms with Gasteiger partial charge in [-0.3, -0.25) is 0 Å². The Kier molecular flexibility index (Phi) is 4.66. The van der Waals surface area contributed by atoms with Crippen LogP contribution < -0.4 is 0 Å². The average Bonchev–Trinajstić information content (AvgIpc) is 2.28. The fraction of sp³-hybridized carbons (Fsp3) is 0.875. The molecule has 0 saturated carbocycles. The number of ether oxygens (including phenoxy) is 1. The molecule has 5 atom stereocenters. The summed E-state index contributed by atoms with van der Waals surface area (Å²) in [5.41, 5.74) is 8.30.